The van der Waals surface area contributed by atoms with Crippen molar-refractivity contribution in [3.63, 3.8) is 0 Å². The van der Waals surface area contributed by atoms with Gasteiger partial charge in [0.05, 0.1) is 0 Å². The molecule has 35 heavy (non-hydrogen) atoms. The zero-order chi connectivity index (χ0) is 24.9. The smallest absolute Gasteiger partial charge is 0.302 e. The Hall–Kier alpha value is -4.13. The fraction of sp³-hybridized carbons (Fsp3) is 0.250. The molecular weight excluding hydrogens is 446 g/mol. The molecule has 3 aromatic rings. The van der Waals surface area contributed by atoms with Gasteiger partial charge >= 0.3 is 5.97 Å². The van der Waals surface area contributed by atoms with Gasteiger partial charge in [-0.2, -0.15) is 0 Å². The third-order valence-electron chi connectivity index (χ3n) is 6.34. The normalized spacial score (nSPS) is 14.1. The average Bonchev–Trinajstić information content (AvgIpc) is 2.86. The lowest BCUT2D eigenvalue weighted by Crippen LogP contribution is -2.37. The number of carbonyl (C=O) groups is 3. The van der Waals surface area contributed by atoms with Gasteiger partial charge in [0.15, 0.2) is 0 Å². The quantitative estimate of drug-likeness (QED) is 0.297. The van der Waals surface area contributed by atoms with Crippen LogP contribution in [0, 0.1) is 0 Å². The first-order chi connectivity index (χ1) is 16.9. The minimum absolute atomic E-state index is 0.0240. The maximum atomic E-state index is 11.5. The summed E-state index contributed by atoms with van der Waals surface area (Å²) in [6, 6.07) is 16.9. The van der Waals surface area contributed by atoms with Crippen LogP contribution in [0.1, 0.15) is 63.1 Å². The van der Waals surface area contributed by atoms with Crippen molar-refractivity contribution in [3.8, 4) is 11.5 Å². The predicted octanol–water partition coefficient (Wildman–Crippen LogP) is 4.43. The molecule has 2 N–H and O–H groups in total. The van der Waals surface area contributed by atoms with Crippen molar-refractivity contribution < 1.29 is 29.3 Å². The molecule has 0 aliphatic carbocycles. The third-order valence-corrected chi connectivity index (χ3v) is 6.34. The van der Waals surface area contributed by atoms with Gasteiger partial charge in [-0.25, -0.2) is 0 Å². The summed E-state index contributed by atoms with van der Waals surface area (Å²) >= 11 is 0. The number of rotatable bonds is 7. The molecule has 0 saturated carbocycles. The SMILES string of the molecule is CC(=O)OC1CCN(c2cccc(C(c3cc(C=O)ccc3O)c3cc(C=O)ccc3O)c2)CC1. The molecule has 0 unspecified atom stereocenters. The van der Waals surface area contributed by atoms with Gasteiger partial charge in [-0.15, -0.1) is 0 Å². The lowest BCUT2D eigenvalue weighted by atomic mass is 9.82. The first-order valence-corrected chi connectivity index (χ1v) is 11.5. The van der Waals surface area contributed by atoms with E-state index in [0.717, 1.165) is 24.1 Å². The van der Waals surface area contributed by atoms with Crippen LogP contribution in [-0.2, 0) is 9.53 Å². The van der Waals surface area contributed by atoms with E-state index in [-0.39, 0.29) is 23.6 Å². The Morgan fingerprint density at radius 3 is 2.00 bits per heavy atom. The summed E-state index contributed by atoms with van der Waals surface area (Å²) in [6.45, 7) is 2.84. The number of phenolic OH excluding ortho intramolecular Hbond substituents is 2. The fourth-order valence-corrected chi connectivity index (χ4v) is 4.65. The van der Waals surface area contributed by atoms with E-state index in [1.54, 1.807) is 12.1 Å². The van der Waals surface area contributed by atoms with Crippen molar-refractivity contribution >= 4 is 24.2 Å². The number of aldehydes is 2. The number of hydrogen-bond donors (Lipinski definition) is 2. The summed E-state index contributed by atoms with van der Waals surface area (Å²) in [5.74, 6) is -0.954. The molecule has 1 fully saturated rings. The van der Waals surface area contributed by atoms with Crippen molar-refractivity contribution in [1.82, 2.24) is 0 Å². The van der Waals surface area contributed by atoms with Crippen molar-refractivity contribution in [2.75, 3.05) is 18.0 Å². The Balaban J connectivity index is 1.76. The van der Waals surface area contributed by atoms with Gasteiger partial charge in [0, 0.05) is 66.7 Å². The number of hydrogen-bond acceptors (Lipinski definition) is 7. The molecule has 0 radical (unpaired) electrons. The van der Waals surface area contributed by atoms with Gasteiger partial charge in [0.1, 0.15) is 30.2 Å². The van der Waals surface area contributed by atoms with Gasteiger partial charge in [-0.1, -0.05) is 12.1 Å². The molecule has 7 nitrogen and oxygen atoms in total. The van der Waals surface area contributed by atoms with Gasteiger partial charge in [-0.05, 0) is 54.1 Å². The Morgan fingerprint density at radius 1 is 0.914 bits per heavy atom. The minimum Gasteiger partial charge on any atom is -0.508 e. The standard InChI is InChI=1S/C28H27NO6/c1-18(32)35-23-9-11-29(12-10-23)22-4-2-3-21(15-22)28(24-13-19(16-30)5-7-26(24)33)25-14-20(17-31)6-8-27(25)34/h2-8,13-17,23,28,33-34H,9-12H2,1H3. The van der Waals surface area contributed by atoms with E-state index in [1.165, 1.54) is 31.2 Å². The van der Waals surface area contributed by atoms with Crippen LogP contribution in [-0.4, -0.2) is 47.9 Å². The van der Waals surface area contributed by atoms with E-state index in [9.17, 15) is 24.6 Å². The molecular formula is C28H27NO6. The van der Waals surface area contributed by atoms with E-state index in [0.29, 0.717) is 47.9 Å². The van der Waals surface area contributed by atoms with Gasteiger partial charge in [0.25, 0.3) is 0 Å². The summed E-state index contributed by atoms with van der Waals surface area (Å²) in [6.07, 6.45) is 2.75. The van der Waals surface area contributed by atoms with Gasteiger partial charge in [0.2, 0.25) is 0 Å². The molecule has 1 heterocycles. The summed E-state index contributed by atoms with van der Waals surface area (Å²) in [5.41, 5.74) is 3.39. The molecule has 1 aliphatic rings. The van der Waals surface area contributed by atoms with Crippen LogP contribution in [0.25, 0.3) is 0 Å². The summed E-state index contributed by atoms with van der Waals surface area (Å²) < 4.78 is 5.34. The molecule has 0 bridgehead atoms. The number of benzene rings is 3. The van der Waals surface area contributed by atoms with Crippen LogP contribution in [0.2, 0.25) is 0 Å². The van der Waals surface area contributed by atoms with E-state index >= 15 is 0 Å². The number of nitrogens with zero attached hydrogens (tertiary/aromatic N) is 1. The number of phenols is 2. The van der Waals surface area contributed by atoms with Gasteiger partial charge < -0.3 is 19.8 Å². The first kappa shape index (κ1) is 24.0. The summed E-state index contributed by atoms with van der Waals surface area (Å²) in [7, 11) is 0. The van der Waals surface area contributed by atoms with Crippen molar-refractivity contribution in [3.05, 3.63) is 88.5 Å². The van der Waals surface area contributed by atoms with E-state index in [2.05, 4.69) is 4.90 Å². The number of aromatic hydroxyl groups is 2. The molecule has 0 spiro atoms. The van der Waals surface area contributed by atoms with Gasteiger partial charge in [-0.3, -0.25) is 14.4 Å². The first-order valence-electron chi connectivity index (χ1n) is 11.5. The van der Waals surface area contributed by atoms with Crippen LogP contribution >= 0.6 is 0 Å². The van der Waals surface area contributed by atoms with E-state index in [1.807, 2.05) is 24.3 Å². The highest BCUT2D eigenvalue weighted by molar-refractivity contribution is 5.78. The molecule has 3 aromatic carbocycles. The Morgan fingerprint density at radius 2 is 1.49 bits per heavy atom. The number of esters is 1. The molecule has 180 valence electrons. The highest BCUT2D eigenvalue weighted by Gasteiger charge is 2.26. The van der Waals surface area contributed by atoms with Crippen LogP contribution in [0.3, 0.4) is 0 Å². The zero-order valence-electron chi connectivity index (χ0n) is 19.4. The largest absolute Gasteiger partial charge is 0.508 e. The third kappa shape index (κ3) is 5.35. The highest BCUT2D eigenvalue weighted by atomic mass is 16.5. The van der Waals surface area contributed by atoms with Crippen LogP contribution in [0.15, 0.2) is 60.7 Å². The van der Waals surface area contributed by atoms with E-state index in [4.69, 9.17) is 4.74 Å². The number of ether oxygens (including phenoxy) is 1. The zero-order valence-corrected chi connectivity index (χ0v) is 19.4. The minimum atomic E-state index is -0.631. The Kier molecular flexibility index (Phi) is 7.15. The molecule has 7 heteroatoms. The van der Waals surface area contributed by atoms with Crippen LogP contribution < -0.4 is 4.90 Å². The highest BCUT2D eigenvalue weighted by Crippen LogP contribution is 2.42. The maximum Gasteiger partial charge on any atom is 0.302 e. The molecule has 0 amide bonds. The second kappa shape index (κ2) is 10.4. The lowest BCUT2D eigenvalue weighted by molar-refractivity contribution is -0.147. The Labute approximate surface area is 203 Å². The van der Waals surface area contributed by atoms with Crippen molar-refractivity contribution in [2.45, 2.75) is 31.8 Å². The second-order valence-electron chi connectivity index (χ2n) is 8.70. The number of carbonyl (C=O) groups excluding carboxylic acids is 3. The topological polar surface area (TPSA) is 104 Å². The Bertz CT molecular complexity index is 1190. The van der Waals surface area contributed by atoms with Crippen LogP contribution in [0.4, 0.5) is 5.69 Å². The monoisotopic (exact) mass is 473 g/mol. The average molecular weight is 474 g/mol. The van der Waals surface area contributed by atoms with Crippen LogP contribution in [0.5, 0.6) is 11.5 Å². The fourth-order valence-electron chi connectivity index (χ4n) is 4.65. The lowest BCUT2D eigenvalue weighted by Gasteiger charge is -2.33. The maximum absolute atomic E-state index is 11.5. The molecule has 4 rings (SSSR count). The molecule has 1 saturated heterocycles. The van der Waals surface area contributed by atoms with Crippen molar-refractivity contribution in [2.24, 2.45) is 0 Å². The number of piperidine rings is 1. The van der Waals surface area contributed by atoms with E-state index < -0.39 is 5.92 Å². The molecule has 0 atom stereocenters. The van der Waals surface area contributed by atoms with Crippen molar-refractivity contribution in [1.29, 1.82) is 0 Å². The number of anilines is 1. The molecule has 1 aliphatic heterocycles. The predicted molar refractivity (Wildman–Crippen MR) is 131 cm³/mol. The summed E-state index contributed by atoms with van der Waals surface area (Å²) in [4.78, 5) is 36.4. The summed E-state index contributed by atoms with van der Waals surface area (Å²) in [5, 5.41) is 21.5. The molecule has 0 aromatic heterocycles. The second-order valence-corrected chi connectivity index (χ2v) is 8.70.